The quantitative estimate of drug-likeness (QED) is 0.858. The second kappa shape index (κ2) is 5.75. The van der Waals surface area contributed by atoms with E-state index in [9.17, 15) is 13.2 Å². The Morgan fingerprint density at radius 2 is 2.05 bits per heavy atom. The van der Waals surface area contributed by atoms with Crippen molar-refractivity contribution in [2.45, 2.75) is 25.2 Å². The number of nitrogens with zero attached hydrogens (tertiary/aromatic N) is 2. The molecule has 0 aliphatic heterocycles. The molecule has 1 heterocycles. The second-order valence-corrected chi connectivity index (χ2v) is 7.03. The summed E-state index contributed by atoms with van der Waals surface area (Å²) in [6.07, 6.45) is 2.08. The van der Waals surface area contributed by atoms with Crippen LogP contribution in [0.1, 0.15) is 30.8 Å². The third-order valence-corrected chi connectivity index (χ3v) is 4.75. The van der Waals surface area contributed by atoms with Crippen molar-refractivity contribution in [1.82, 2.24) is 8.87 Å². The summed E-state index contributed by atoms with van der Waals surface area (Å²) in [5.74, 6) is -0.739. The molecule has 0 saturated carbocycles. The Morgan fingerprint density at radius 1 is 1.47 bits per heavy atom. The lowest BCUT2D eigenvalue weighted by atomic mass is 10.1. The lowest BCUT2D eigenvalue weighted by molar-refractivity contribution is 0.0686. The van der Waals surface area contributed by atoms with E-state index in [2.05, 4.69) is 0 Å². The number of hydrogen-bond donors (Lipinski definition) is 1. The summed E-state index contributed by atoms with van der Waals surface area (Å²) >= 11 is 0. The van der Waals surface area contributed by atoms with E-state index in [1.54, 1.807) is 0 Å². The lowest BCUT2D eigenvalue weighted by Crippen LogP contribution is -2.28. The monoisotopic (exact) mass is 288 g/mol. The van der Waals surface area contributed by atoms with E-state index in [1.807, 2.05) is 13.8 Å². The number of carbonyl (C=O) groups is 1. The minimum atomic E-state index is -3.62. The molecule has 0 atom stereocenters. The standard InChI is InChI=1S/C12H20N2O4S/c1-9(2)5-6-14(4)19(17,18)10-7-11(12(15)16)13(3)8-10/h7-9H,5-6H2,1-4H3,(H,15,16). The van der Waals surface area contributed by atoms with Crippen molar-refractivity contribution in [2.75, 3.05) is 13.6 Å². The first-order chi connectivity index (χ1) is 8.66. The van der Waals surface area contributed by atoms with E-state index in [-0.39, 0.29) is 10.6 Å². The van der Waals surface area contributed by atoms with E-state index >= 15 is 0 Å². The number of rotatable bonds is 6. The van der Waals surface area contributed by atoms with Crippen molar-refractivity contribution in [3.8, 4) is 0 Å². The fourth-order valence-electron chi connectivity index (χ4n) is 1.63. The first-order valence-electron chi connectivity index (χ1n) is 6.02. The van der Waals surface area contributed by atoms with Crippen molar-refractivity contribution in [1.29, 1.82) is 0 Å². The van der Waals surface area contributed by atoms with Crippen LogP contribution in [0.2, 0.25) is 0 Å². The number of aromatic nitrogens is 1. The van der Waals surface area contributed by atoms with Crippen LogP contribution in [0.15, 0.2) is 17.2 Å². The number of aryl methyl sites for hydroxylation is 1. The Hall–Kier alpha value is -1.34. The van der Waals surface area contributed by atoms with Crippen molar-refractivity contribution in [2.24, 2.45) is 13.0 Å². The number of carboxylic acid groups (broad SMARTS) is 1. The predicted molar refractivity (Wildman–Crippen MR) is 71.6 cm³/mol. The van der Waals surface area contributed by atoms with Gasteiger partial charge < -0.3 is 9.67 Å². The fraction of sp³-hybridized carbons (Fsp3) is 0.583. The van der Waals surface area contributed by atoms with Gasteiger partial charge in [0.25, 0.3) is 0 Å². The van der Waals surface area contributed by atoms with Crippen LogP contribution in [-0.4, -0.2) is 42.0 Å². The molecule has 0 aromatic carbocycles. The zero-order valence-corrected chi connectivity index (χ0v) is 12.4. The van der Waals surface area contributed by atoms with Gasteiger partial charge in [-0.15, -0.1) is 0 Å². The zero-order chi connectivity index (χ0) is 14.8. The predicted octanol–water partition coefficient (Wildman–Crippen LogP) is 1.39. The van der Waals surface area contributed by atoms with Crippen molar-refractivity contribution in [3.05, 3.63) is 18.0 Å². The molecular formula is C12H20N2O4S. The Bertz CT molecular complexity index is 560. The summed E-state index contributed by atoms with van der Waals surface area (Å²) in [7, 11) is -0.605. The van der Waals surface area contributed by atoms with Gasteiger partial charge in [0.15, 0.2) is 0 Å². The molecule has 1 aromatic rings. The number of sulfonamides is 1. The maximum absolute atomic E-state index is 12.3. The molecule has 1 rings (SSSR count). The molecule has 108 valence electrons. The van der Waals surface area contributed by atoms with Gasteiger partial charge in [-0.05, 0) is 18.4 Å². The van der Waals surface area contributed by atoms with E-state index in [0.717, 1.165) is 6.42 Å². The third kappa shape index (κ3) is 3.57. The molecule has 0 saturated heterocycles. The first kappa shape index (κ1) is 15.7. The summed E-state index contributed by atoms with van der Waals surface area (Å²) in [6, 6.07) is 1.18. The smallest absolute Gasteiger partial charge is 0.352 e. The van der Waals surface area contributed by atoms with Gasteiger partial charge in [-0.2, -0.15) is 0 Å². The van der Waals surface area contributed by atoms with E-state index in [4.69, 9.17) is 5.11 Å². The second-order valence-electron chi connectivity index (χ2n) is 4.99. The molecule has 0 aliphatic carbocycles. The van der Waals surface area contributed by atoms with Crippen LogP contribution in [0.25, 0.3) is 0 Å². The Balaban J connectivity index is 3.00. The lowest BCUT2D eigenvalue weighted by Gasteiger charge is -2.17. The van der Waals surface area contributed by atoms with Gasteiger partial charge in [0.1, 0.15) is 10.6 Å². The molecule has 0 fully saturated rings. The van der Waals surface area contributed by atoms with Gasteiger partial charge >= 0.3 is 5.97 Å². The van der Waals surface area contributed by atoms with Crippen LogP contribution in [0.5, 0.6) is 0 Å². The van der Waals surface area contributed by atoms with Crippen LogP contribution in [0.3, 0.4) is 0 Å². The van der Waals surface area contributed by atoms with Crippen LogP contribution < -0.4 is 0 Å². The van der Waals surface area contributed by atoms with Crippen LogP contribution in [0, 0.1) is 5.92 Å². The summed E-state index contributed by atoms with van der Waals surface area (Å²) in [4.78, 5) is 10.9. The minimum absolute atomic E-state index is 0.0126. The molecular weight excluding hydrogens is 268 g/mol. The van der Waals surface area contributed by atoms with Gasteiger partial charge in [-0.1, -0.05) is 13.8 Å². The first-order valence-corrected chi connectivity index (χ1v) is 7.46. The Kier molecular flexibility index (Phi) is 4.75. The molecule has 7 heteroatoms. The topological polar surface area (TPSA) is 79.6 Å². The SMILES string of the molecule is CC(C)CCN(C)S(=O)(=O)c1cc(C(=O)O)n(C)c1. The fourth-order valence-corrected chi connectivity index (χ4v) is 2.89. The molecule has 0 unspecified atom stereocenters. The average molecular weight is 288 g/mol. The van der Waals surface area contributed by atoms with E-state index < -0.39 is 16.0 Å². The van der Waals surface area contributed by atoms with E-state index in [0.29, 0.717) is 12.5 Å². The van der Waals surface area contributed by atoms with Gasteiger partial charge in [-0.25, -0.2) is 17.5 Å². The van der Waals surface area contributed by atoms with Gasteiger partial charge in [0.2, 0.25) is 10.0 Å². The van der Waals surface area contributed by atoms with Crippen molar-refractivity contribution in [3.63, 3.8) is 0 Å². The molecule has 0 amide bonds. The van der Waals surface area contributed by atoms with Gasteiger partial charge in [0, 0.05) is 26.8 Å². The van der Waals surface area contributed by atoms with Crippen LogP contribution >= 0.6 is 0 Å². The van der Waals surface area contributed by atoms with Crippen LogP contribution in [0.4, 0.5) is 0 Å². The van der Waals surface area contributed by atoms with Crippen molar-refractivity contribution >= 4 is 16.0 Å². The maximum atomic E-state index is 12.3. The zero-order valence-electron chi connectivity index (χ0n) is 11.6. The highest BCUT2D eigenvalue weighted by atomic mass is 32.2. The maximum Gasteiger partial charge on any atom is 0.352 e. The molecule has 1 N–H and O–H groups in total. The number of aromatic carboxylic acids is 1. The Labute approximate surface area is 113 Å². The number of hydrogen-bond acceptors (Lipinski definition) is 3. The van der Waals surface area contributed by atoms with Gasteiger partial charge in [-0.3, -0.25) is 0 Å². The summed E-state index contributed by atoms with van der Waals surface area (Å²) < 4.78 is 27.1. The minimum Gasteiger partial charge on any atom is -0.477 e. The third-order valence-electron chi connectivity index (χ3n) is 2.93. The van der Waals surface area contributed by atoms with Crippen molar-refractivity contribution < 1.29 is 18.3 Å². The largest absolute Gasteiger partial charge is 0.477 e. The summed E-state index contributed by atoms with van der Waals surface area (Å²) in [5, 5.41) is 8.93. The highest BCUT2D eigenvalue weighted by molar-refractivity contribution is 7.89. The molecule has 19 heavy (non-hydrogen) atoms. The molecule has 0 spiro atoms. The summed E-state index contributed by atoms with van der Waals surface area (Å²) in [6.45, 7) is 4.45. The average Bonchev–Trinajstić information content (AvgIpc) is 2.68. The van der Waals surface area contributed by atoms with Crippen LogP contribution in [-0.2, 0) is 17.1 Å². The molecule has 0 bridgehead atoms. The number of carboxylic acids is 1. The van der Waals surface area contributed by atoms with E-state index in [1.165, 1.54) is 35.2 Å². The van der Waals surface area contributed by atoms with Gasteiger partial charge in [0.05, 0.1) is 0 Å². The molecule has 0 radical (unpaired) electrons. The molecule has 0 aliphatic rings. The molecule has 1 aromatic heterocycles. The highest BCUT2D eigenvalue weighted by Gasteiger charge is 2.24. The summed E-state index contributed by atoms with van der Waals surface area (Å²) in [5.41, 5.74) is -0.0455. The Morgan fingerprint density at radius 3 is 2.47 bits per heavy atom. The normalized spacial score (nSPS) is 12.3. The molecule has 6 nitrogen and oxygen atoms in total. The highest BCUT2D eigenvalue weighted by Crippen LogP contribution is 2.18.